The van der Waals surface area contributed by atoms with E-state index in [4.69, 9.17) is 27.9 Å². The number of alkyl halides is 3. The van der Waals surface area contributed by atoms with Gasteiger partial charge in [-0.25, -0.2) is 4.68 Å². The lowest BCUT2D eigenvalue weighted by Gasteiger charge is -2.10. The van der Waals surface area contributed by atoms with Crippen molar-refractivity contribution >= 4 is 34.8 Å². The Hall–Kier alpha value is -3.56. The van der Waals surface area contributed by atoms with Gasteiger partial charge in [0.15, 0.2) is 5.82 Å². The van der Waals surface area contributed by atoms with Crippen LogP contribution in [-0.2, 0) is 6.18 Å². The number of rotatable bonds is 5. The topological polar surface area (TPSA) is 69.0 Å². The van der Waals surface area contributed by atoms with Gasteiger partial charge in [-0.15, -0.1) is 5.10 Å². The summed E-state index contributed by atoms with van der Waals surface area (Å²) in [5, 5.41) is 7.54. The van der Waals surface area contributed by atoms with Gasteiger partial charge < -0.3 is 10.1 Å². The molecule has 34 heavy (non-hydrogen) atoms. The monoisotopic (exact) mass is 506 g/mol. The number of hydrogen-bond acceptors (Lipinski definition) is 4. The molecule has 174 valence electrons. The van der Waals surface area contributed by atoms with E-state index in [0.29, 0.717) is 22.0 Å². The second-order valence-corrected chi connectivity index (χ2v) is 7.86. The summed E-state index contributed by atoms with van der Waals surface area (Å²) in [4.78, 5) is 16.7. The molecule has 0 aliphatic carbocycles. The zero-order valence-electron chi connectivity index (χ0n) is 17.4. The molecular weight excluding hydrogens is 492 g/mol. The third-order valence-electron chi connectivity index (χ3n) is 4.77. The smallest absolute Gasteiger partial charge is 0.416 e. The van der Waals surface area contributed by atoms with Crippen LogP contribution in [0, 0.1) is 0 Å². The number of nitrogens with zero attached hydrogens (tertiary/aromatic N) is 3. The summed E-state index contributed by atoms with van der Waals surface area (Å²) in [6.45, 7) is 0. The van der Waals surface area contributed by atoms with E-state index in [0.717, 1.165) is 12.1 Å². The number of anilines is 1. The molecule has 0 bridgehead atoms. The zero-order chi connectivity index (χ0) is 24.5. The van der Waals surface area contributed by atoms with Crippen LogP contribution < -0.4 is 10.1 Å². The molecular formula is C23H15Cl2F3N4O2. The van der Waals surface area contributed by atoms with Crippen molar-refractivity contribution in [1.82, 2.24) is 14.8 Å². The summed E-state index contributed by atoms with van der Waals surface area (Å²) in [6, 6.07) is 15.8. The molecule has 4 aromatic rings. The molecule has 0 unspecified atom stereocenters. The quantitative estimate of drug-likeness (QED) is 0.334. The molecule has 0 radical (unpaired) electrons. The molecule has 0 spiro atoms. The van der Waals surface area contributed by atoms with Crippen LogP contribution in [0.4, 0.5) is 18.9 Å². The largest absolute Gasteiger partial charge is 0.466 e. The molecule has 3 aromatic carbocycles. The maximum absolute atomic E-state index is 13.2. The van der Waals surface area contributed by atoms with E-state index in [1.807, 2.05) is 0 Å². The van der Waals surface area contributed by atoms with Gasteiger partial charge in [-0.3, -0.25) is 4.79 Å². The van der Waals surface area contributed by atoms with E-state index < -0.39 is 17.6 Å². The lowest BCUT2D eigenvalue weighted by atomic mass is 10.1. The number of aromatic nitrogens is 3. The van der Waals surface area contributed by atoms with Crippen LogP contribution in [0.15, 0.2) is 66.7 Å². The standard InChI is InChI=1S/C23H15Cl2F3N4O2/c1-34-22-30-20(13-3-2-4-15(11-13)23(26,27)28)32(31-22)17-8-6-16(7-9-17)29-21(33)14-5-10-18(24)19(25)12-14/h2-12H,1H3,(H,29,33). The Morgan fingerprint density at radius 2 is 1.74 bits per heavy atom. The van der Waals surface area contributed by atoms with Crippen molar-refractivity contribution in [3.05, 3.63) is 87.9 Å². The summed E-state index contributed by atoms with van der Waals surface area (Å²) in [7, 11) is 1.36. The molecule has 1 aromatic heterocycles. The molecule has 1 amide bonds. The average molecular weight is 507 g/mol. The minimum absolute atomic E-state index is 0.00981. The van der Waals surface area contributed by atoms with Crippen LogP contribution in [0.3, 0.4) is 0 Å². The first-order chi connectivity index (χ1) is 16.2. The van der Waals surface area contributed by atoms with E-state index >= 15 is 0 Å². The molecule has 0 saturated carbocycles. The SMILES string of the molecule is COc1nc(-c2cccc(C(F)(F)F)c2)n(-c2ccc(NC(=O)c3ccc(Cl)c(Cl)c3)cc2)n1. The van der Waals surface area contributed by atoms with Crippen LogP contribution in [0.5, 0.6) is 6.01 Å². The molecule has 0 atom stereocenters. The molecule has 0 aliphatic heterocycles. The van der Waals surface area contributed by atoms with Gasteiger partial charge in [0.2, 0.25) is 0 Å². The fourth-order valence-corrected chi connectivity index (χ4v) is 3.41. The summed E-state index contributed by atoms with van der Waals surface area (Å²) in [5.41, 5.74) is 0.705. The molecule has 11 heteroatoms. The number of halogens is 5. The molecule has 6 nitrogen and oxygen atoms in total. The lowest BCUT2D eigenvalue weighted by molar-refractivity contribution is -0.137. The first kappa shape index (κ1) is 23.6. The Morgan fingerprint density at radius 1 is 1.00 bits per heavy atom. The molecule has 0 aliphatic rings. The van der Waals surface area contributed by atoms with Gasteiger partial charge >= 0.3 is 12.2 Å². The second-order valence-electron chi connectivity index (χ2n) is 7.04. The van der Waals surface area contributed by atoms with Crippen LogP contribution in [-0.4, -0.2) is 27.8 Å². The van der Waals surface area contributed by atoms with Crippen LogP contribution in [0.2, 0.25) is 10.0 Å². The minimum atomic E-state index is -4.50. The van der Waals surface area contributed by atoms with Gasteiger partial charge in [0.1, 0.15) is 0 Å². The number of ether oxygens (including phenoxy) is 1. The van der Waals surface area contributed by atoms with Crippen molar-refractivity contribution in [1.29, 1.82) is 0 Å². The Kier molecular flexibility index (Phi) is 6.49. The Morgan fingerprint density at radius 3 is 2.38 bits per heavy atom. The average Bonchev–Trinajstić information content (AvgIpc) is 3.25. The predicted octanol–water partition coefficient (Wildman–Crippen LogP) is 6.52. The number of methoxy groups -OCH3 is 1. The van der Waals surface area contributed by atoms with Crippen molar-refractivity contribution in [3.8, 4) is 23.1 Å². The van der Waals surface area contributed by atoms with Crippen LogP contribution in [0.1, 0.15) is 15.9 Å². The number of nitrogens with one attached hydrogen (secondary N) is 1. The Bertz CT molecular complexity index is 1360. The van der Waals surface area contributed by atoms with Crippen molar-refractivity contribution < 1.29 is 22.7 Å². The van der Waals surface area contributed by atoms with E-state index in [-0.39, 0.29) is 22.4 Å². The summed E-state index contributed by atoms with van der Waals surface area (Å²) >= 11 is 11.8. The summed E-state index contributed by atoms with van der Waals surface area (Å²) in [6.07, 6.45) is -4.50. The normalized spacial score (nSPS) is 11.4. The number of carbonyl (C=O) groups excluding carboxylic acids is 1. The number of carbonyl (C=O) groups is 1. The first-order valence-corrected chi connectivity index (χ1v) is 10.5. The van der Waals surface area contributed by atoms with Gasteiger partial charge in [-0.2, -0.15) is 18.2 Å². The fraction of sp³-hybridized carbons (Fsp3) is 0.0870. The third kappa shape index (κ3) is 5.00. The zero-order valence-corrected chi connectivity index (χ0v) is 18.9. The number of benzene rings is 3. The third-order valence-corrected chi connectivity index (χ3v) is 5.51. The number of hydrogen-bond donors (Lipinski definition) is 1. The molecule has 1 heterocycles. The van der Waals surface area contributed by atoms with Gasteiger partial charge in [0.25, 0.3) is 5.91 Å². The first-order valence-electron chi connectivity index (χ1n) is 9.71. The second kappa shape index (κ2) is 9.36. The molecule has 0 saturated heterocycles. The van der Waals surface area contributed by atoms with Gasteiger partial charge in [-0.1, -0.05) is 35.3 Å². The number of amides is 1. The highest BCUT2D eigenvalue weighted by Crippen LogP contribution is 2.33. The van der Waals surface area contributed by atoms with E-state index in [2.05, 4.69) is 15.4 Å². The molecule has 1 N–H and O–H groups in total. The van der Waals surface area contributed by atoms with E-state index in [1.165, 1.54) is 36.1 Å². The maximum atomic E-state index is 13.2. The van der Waals surface area contributed by atoms with Gasteiger partial charge in [-0.05, 0) is 54.6 Å². The minimum Gasteiger partial charge on any atom is -0.466 e. The highest BCUT2D eigenvalue weighted by atomic mass is 35.5. The Labute approximate surface area is 201 Å². The Balaban J connectivity index is 1.62. The highest BCUT2D eigenvalue weighted by molar-refractivity contribution is 6.42. The maximum Gasteiger partial charge on any atom is 0.416 e. The summed E-state index contributed by atoms with van der Waals surface area (Å²) in [5.74, 6) is -0.228. The lowest BCUT2D eigenvalue weighted by Crippen LogP contribution is -2.12. The van der Waals surface area contributed by atoms with Crippen molar-refractivity contribution in [3.63, 3.8) is 0 Å². The van der Waals surface area contributed by atoms with E-state index in [9.17, 15) is 18.0 Å². The van der Waals surface area contributed by atoms with Crippen LogP contribution in [0.25, 0.3) is 17.1 Å². The van der Waals surface area contributed by atoms with Crippen molar-refractivity contribution in [2.24, 2.45) is 0 Å². The van der Waals surface area contributed by atoms with Crippen molar-refractivity contribution in [2.45, 2.75) is 6.18 Å². The molecule has 0 fully saturated rings. The van der Waals surface area contributed by atoms with Crippen LogP contribution >= 0.6 is 23.2 Å². The fourth-order valence-electron chi connectivity index (χ4n) is 3.11. The van der Waals surface area contributed by atoms with E-state index in [1.54, 1.807) is 30.3 Å². The summed E-state index contributed by atoms with van der Waals surface area (Å²) < 4.78 is 46.0. The van der Waals surface area contributed by atoms with Gasteiger partial charge in [0, 0.05) is 16.8 Å². The predicted molar refractivity (Wildman–Crippen MR) is 123 cm³/mol. The highest BCUT2D eigenvalue weighted by Gasteiger charge is 2.31. The molecule has 4 rings (SSSR count). The van der Waals surface area contributed by atoms with Gasteiger partial charge in [0.05, 0.1) is 28.4 Å². The van der Waals surface area contributed by atoms with Crippen molar-refractivity contribution in [2.75, 3.05) is 12.4 Å².